The third kappa shape index (κ3) is 4.24. The first-order chi connectivity index (χ1) is 15.0. The second-order valence-corrected chi connectivity index (χ2v) is 11.4. The molecule has 1 aliphatic carbocycles. The van der Waals surface area contributed by atoms with E-state index in [9.17, 15) is 31.9 Å². The summed E-state index contributed by atoms with van der Waals surface area (Å²) < 4.78 is 53.2. The number of alkyl halides is 2. The second-order valence-electron chi connectivity index (χ2n) is 8.81. The average Bonchev–Trinajstić information content (AvgIpc) is 3.16. The van der Waals surface area contributed by atoms with Crippen LogP contribution in [0, 0.1) is 0 Å². The van der Waals surface area contributed by atoms with Gasteiger partial charge >= 0.3 is 5.97 Å². The molecule has 7 nitrogen and oxygen atoms in total. The summed E-state index contributed by atoms with van der Waals surface area (Å²) in [5.41, 5.74) is 0. The van der Waals surface area contributed by atoms with Crippen LogP contribution >= 0.6 is 11.6 Å². The van der Waals surface area contributed by atoms with E-state index in [-0.39, 0.29) is 54.6 Å². The Balaban J connectivity index is 1.51. The Labute approximate surface area is 190 Å². The Bertz CT molecular complexity index is 1010. The molecule has 0 spiro atoms. The monoisotopic (exact) mass is 490 g/mol. The topological polar surface area (TPSA) is 95.0 Å². The van der Waals surface area contributed by atoms with Gasteiger partial charge in [0.2, 0.25) is 11.8 Å². The van der Waals surface area contributed by atoms with Gasteiger partial charge in [0, 0.05) is 32.0 Å². The molecule has 2 saturated heterocycles. The molecule has 176 valence electrons. The van der Waals surface area contributed by atoms with Crippen molar-refractivity contribution in [3.63, 3.8) is 0 Å². The predicted octanol–water partition coefficient (Wildman–Crippen LogP) is 2.82. The number of carbonyl (C=O) groups excluding carboxylic acids is 1. The van der Waals surface area contributed by atoms with E-state index in [2.05, 4.69) is 0 Å². The van der Waals surface area contributed by atoms with E-state index in [0.717, 1.165) is 4.90 Å². The zero-order chi connectivity index (χ0) is 23.3. The minimum Gasteiger partial charge on any atom is -0.480 e. The van der Waals surface area contributed by atoms with Gasteiger partial charge in [0.25, 0.3) is 0 Å². The predicted molar refractivity (Wildman–Crippen MR) is 112 cm³/mol. The van der Waals surface area contributed by atoms with Crippen LogP contribution in [0.1, 0.15) is 38.5 Å². The first kappa shape index (κ1) is 23.4. The van der Waals surface area contributed by atoms with Gasteiger partial charge in [-0.05, 0) is 37.8 Å². The van der Waals surface area contributed by atoms with Gasteiger partial charge in [-0.15, -0.1) is 0 Å². The van der Waals surface area contributed by atoms with Crippen LogP contribution in [0.15, 0.2) is 29.2 Å². The Hall–Kier alpha value is -1.78. The third-order valence-electron chi connectivity index (χ3n) is 6.91. The molecule has 1 unspecified atom stereocenters. The Morgan fingerprint density at radius 2 is 1.75 bits per heavy atom. The van der Waals surface area contributed by atoms with Crippen LogP contribution in [0.25, 0.3) is 0 Å². The molecule has 11 heteroatoms. The molecular formula is C21H25ClF2N2O5S. The van der Waals surface area contributed by atoms with Gasteiger partial charge in [0.15, 0.2) is 9.84 Å². The molecule has 0 radical (unpaired) electrons. The molecule has 2 aliphatic heterocycles. The highest BCUT2D eigenvalue weighted by Gasteiger charge is 2.50. The number of carboxylic acids is 1. The van der Waals surface area contributed by atoms with E-state index >= 15 is 0 Å². The van der Waals surface area contributed by atoms with E-state index in [1.54, 1.807) is 6.07 Å². The number of rotatable bonds is 5. The number of likely N-dealkylation sites (tertiary alicyclic amines) is 2. The van der Waals surface area contributed by atoms with Crippen LogP contribution in [0.2, 0.25) is 5.02 Å². The van der Waals surface area contributed by atoms with E-state index in [0.29, 0.717) is 13.0 Å². The third-order valence-corrected chi connectivity index (χ3v) is 9.54. The number of aliphatic carboxylic acids is 1. The smallest absolute Gasteiger partial charge is 0.326 e. The van der Waals surface area contributed by atoms with Crippen molar-refractivity contribution < 1.29 is 31.9 Å². The van der Waals surface area contributed by atoms with E-state index in [1.807, 2.05) is 4.90 Å². The maximum Gasteiger partial charge on any atom is 0.326 e. The molecule has 3 atom stereocenters. The van der Waals surface area contributed by atoms with Crippen LogP contribution in [0.3, 0.4) is 0 Å². The summed E-state index contributed by atoms with van der Waals surface area (Å²) in [4.78, 5) is 28.0. The van der Waals surface area contributed by atoms with Crippen molar-refractivity contribution in [2.75, 3.05) is 13.1 Å². The molecule has 1 saturated carbocycles. The highest BCUT2D eigenvalue weighted by atomic mass is 35.5. The highest BCUT2D eigenvalue weighted by Crippen LogP contribution is 2.39. The summed E-state index contributed by atoms with van der Waals surface area (Å²) in [7, 11) is -3.95. The van der Waals surface area contributed by atoms with E-state index in [4.69, 9.17) is 11.6 Å². The normalized spacial score (nSPS) is 29.0. The lowest BCUT2D eigenvalue weighted by molar-refractivity contribution is -0.155. The van der Waals surface area contributed by atoms with Crippen molar-refractivity contribution in [2.45, 2.75) is 72.7 Å². The van der Waals surface area contributed by atoms with Gasteiger partial charge in [-0.25, -0.2) is 22.0 Å². The lowest BCUT2D eigenvalue weighted by atomic mass is 9.87. The van der Waals surface area contributed by atoms with Crippen LogP contribution in [-0.2, 0) is 19.4 Å². The molecule has 4 rings (SSSR count). The van der Waals surface area contributed by atoms with Crippen molar-refractivity contribution in [1.82, 2.24) is 9.80 Å². The standard InChI is InChI=1S/C21H25ClF2N2O5S/c22-15-3-1-2-4-18(15)32(30,31)14-11-17(20(28)29)26(12-14)19(27)16-7-10-25(16)13-5-8-21(23,24)9-6-13/h1-4,13-14,16-17H,5-12H2,(H,28,29)/t14-,16?,17+/m1/s1. The fourth-order valence-electron chi connectivity index (χ4n) is 5.01. The first-order valence-corrected chi connectivity index (χ1v) is 12.6. The minimum atomic E-state index is -3.95. The Kier molecular flexibility index (Phi) is 6.23. The summed E-state index contributed by atoms with van der Waals surface area (Å²) in [6.07, 6.45) is 0.377. The molecule has 1 amide bonds. The van der Waals surface area contributed by atoms with Gasteiger partial charge in [0.05, 0.1) is 21.2 Å². The van der Waals surface area contributed by atoms with Crippen molar-refractivity contribution in [3.05, 3.63) is 29.3 Å². The molecule has 1 N–H and O–H groups in total. The maximum absolute atomic E-state index is 13.5. The number of hydrogen-bond donors (Lipinski definition) is 1. The van der Waals surface area contributed by atoms with Crippen LogP contribution < -0.4 is 0 Å². The Morgan fingerprint density at radius 1 is 1.09 bits per heavy atom. The van der Waals surface area contributed by atoms with Gasteiger partial charge in [-0.1, -0.05) is 23.7 Å². The van der Waals surface area contributed by atoms with Gasteiger partial charge in [-0.3, -0.25) is 9.69 Å². The quantitative estimate of drug-likeness (QED) is 0.682. The molecule has 3 aliphatic rings. The zero-order valence-corrected chi connectivity index (χ0v) is 18.9. The largest absolute Gasteiger partial charge is 0.480 e. The van der Waals surface area contributed by atoms with E-state index in [1.165, 1.54) is 18.2 Å². The molecule has 3 fully saturated rings. The fourth-order valence-corrected chi connectivity index (χ4v) is 7.23. The van der Waals surface area contributed by atoms with Crippen molar-refractivity contribution in [1.29, 1.82) is 0 Å². The van der Waals surface area contributed by atoms with Crippen LogP contribution in [-0.4, -0.2) is 77.6 Å². The van der Waals surface area contributed by atoms with Crippen LogP contribution in [0.5, 0.6) is 0 Å². The number of carboxylic acid groups (broad SMARTS) is 1. The number of benzene rings is 1. The SMILES string of the molecule is O=C(O)[C@@H]1C[C@@H](S(=O)(=O)c2ccccc2Cl)CN1C(=O)C1CCN1C1CCC(F)(F)CC1. The van der Waals surface area contributed by atoms with Crippen molar-refractivity contribution in [2.24, 2.45) is 0 Å². The average molecular weight is 491 g/mol. The molecule has 2 heterocycles. The number of hydrogen-bond acceptors (Lipinski definition) is 5. The number of halogens is 3. The zero-order valence-electron chi connectivity index (χ0n) is 17.3. The highest BCUT2D eigenvalue weighted by molar-refractivity contribution is 7.92. The molecular weight excluding hydrogens is 466 g/mol. The summed E-state index contributed by atoms with van der Waals surface area (Å²) in [6, 6.07) is 3.93. The first-order valence-electron chi connectivity index (χ1n) is 10.7. The number of carbonyl (C=O) groups is 2. The molecule has 1 aromatic carbocycles. The van der Waals surface area contributed by atoms with Gasteiger partial charge in [-0.2, -0.15) is 0 Å². The minimum absolute atomic E-state index is 0.0448. The number of sulfone groups is 1. The van der Waals surface area contributed by atoms with Gasteiger partial charge in [0.1, 0.15) is 6.04 Å². The number of nitrogens with zero attached hydrogens (tertiary/aromatic N) is 2. The number of amides is 1. The lowest BCUT2D eigenvalue weighted by Crippen LogP contribution is -2.62. The molecule has 1 aromatic rings. The molecule has 0 aromatic heterocycles. The second kappa shape index (κ2) is 8.53. The van der Waals surface area contributed by atoms with Crippen molar-refractivity contribution in [3.8, 4) is 0 Å². The molecule has 32 heavy (non-hydrogen) atoms. The van der Waals surface area contributed by atoms with Crippen LogP contribution in [0.4, 0.5) is 8.78 Å². The summed E-state index contributed by atoms with van der Waals surface area (Å²) in [5.74, 6) is -4.39. The van der Waals surface area contributed by atoms with E-state index < -0.39 is 45.0 Å². The lowest BCUT2D eigenvalue weighted by Gasteiger charge is -2.48. The molecule has 0 bridgehead atoms. The summed E-state index contributed by atoms with van der Waals surface area (Å²) in [6.45, 7) is 0.343. The maximum atomic E-state index is 13.5. The van der Waals surface area contributed by atoms with Gasteiger partial charge < -0.3 is 10.0 Å². The fraction of sp³-hybridized carbons (Fsp3) is 0.619. The summed E-state index contributed by atoms with van der Waals surface area (Å²) >= 11 is 6.06. The Morgan fingerprint density at radius 3 is 2.31 bits per heavy atom. The summed E-state index contributed by atoms with van der Waals surface area (Å²) in [5, 5.41) is 8.63. The van der Waals surface area contributed by atoms with Crippen molar-refractivity contribution >= 4 is 33.3 Å².